The standard InChI is InChI=1S/C19H23Cl2N3O/c1-2-3-10-23-19(25)24(14-17-6-4-5-11-22-17)12-9-15-7-8-16(20)13-18(15)21/h4-8,11,13H,2-3,9-10,12,14H2,1H3,(H,23,25). The predicted octanol–water partition coefficient (Wildman–Crippen LogP) is 4.94. The number of hydrogen-bond donors (Lipinski definition) is 1. The molecule has 0 saturated carbocycles. The Balaban J connectivity index is 2.03. The third-order valence-electron chi connectivity index (χ3n) is 3.84. The van der Waals surface area contributed by atoms with Gasteiger partial charge in [0.1, 0.15) is 0 Å². The number of urea groups is 1. The Labute approximate surface area is 159 Å². The number of halogens is 2. The number of nitrogens with zero attached hydrogens (tertiary/aromatic N) is 2. The summed E-state index contributed by atoms with van der Waals surface area (Å²) >= 11 is 12.2. The summed E-state index contributed by atoms with van der Waals surface area (Å²) in [5.74, 6) is 0. The summed E-state index contributed by atoms with van der Waals surface area (Å²) < 4.78 is 0. The number of carbonyl (C=O) groups excluding carboxylic acids is 1. The van der Waals surface area contributed by atoms with Gasteiger partial charge in [-0.25, -0.2) is 4.79 Å². The fourth-order valence-corrected chi connectivity index (χ4v) is 2.91. The van der Waals surface area contributed by atoms with E-state index in [9.17, 15) is 4.79 Å². The van der Waals surface area contributed by atoms with Crippen LogP contribution in [0.2, 0.25) is 10.0 Å². The molecule has 25 heavy (non-hydrogen) atoms. The molecule has 1 heterocycles. The molecule has 0 atom stereocenters. The fourth-order valence-electron chi connectivity index (χ4n) is 2.40. The fraction of sp³-hybridized carbons (Fsp3) is 0.368. The molecule has 1 aromatic carbocycles. The molecule has 0 aliphatic heterocycles. The van der Waals surface area contributed by atoms with Crippen LogP contribution in [0.25, 0.3) is 0 Å². The van der Waals surface area contributed by atoms with E-state index in [1.165, 1.54) is 0 Å². The summed E-state index contributed by atoms with van der Waals surface area (Å²) in [6.45, 7) is 3.79. The SMILES string of the molecule is CCCCNC(=O)N(CCc1ccc(Cl)cc1Cl)Cc1ccccn1. The van der Waals surface area contributed by atoms with Crippen LogP contribution in [0.5, 0.6) is 0 Å². The molecule has 0 unspecified atom stereocenters. The van der Waals surface area contributed by atoms with Crippen LogP contribution >= 0.6 is 23.2 Å². The molecule has 6 heteroatoms. The Morgan fingerprint density at radius 2 is 2.08 bits per heavy atom. The molecule has 1 N–H and O–H groups in total. The Morgan fingerprint density at radius 3 is 2.76 bits per heavy atom. The van der Waals surface area contributed by atoms with Gasteiger partial charge in [-0.1, -0.05) is 48.7 Å². The second-order valence-corrected chi connectivity index (χ2v) is 6.66. The van der Waals surface area contributed by atoms with E-state index in [0.29, 0.717) is 36.1 Å². The maximum absolute atomic E-state index is 12.5. The molecule has 2 amide bonds. The zero-order chi connectivity index (χ0) is 18.1. The first-order valence-electron chi connectivity index (χ1n) is 8.46. The van der Waals surface area contributed by atoms with Crippen LogP contribution in [-0.2, 0) is 13.0 Å². The van der Waals surface area contributed by atoms with Crippen molar-refractivity contribution in [3.05, 3.63) is 63.9 Å². The van der Waals surface area contributed by atoms with Crippen molar-refractivity contribution in [3.8, 4) is 0 Å². The molecular formula is C19H23Cl2N3O. The number of rotatable bonds is 8. The van der Waals surface area contributed by atoms with E-state index < -0.39 is 0 Å². The highest BCUT2D eigenvalue weighted by atomic mass is 35.5. The molecule has 2 aromatic rings. The van der Waals surface area contributed by atoms with Crippen molar-refractivity contribution in [3.63, 3.8) is 0 Å². The van der Waals surface area contributed by atoms with Gasteiger partial charge in [0, 0.05) is 29.3 Å². The van der Waals surface area contributed by atoms with Gasteiger partial charge in [-0.3, -0.25) is 4.98 Å². The van der Waals surface area contributed by atoms with Gasteiger partial charge in [0.25, 0.3) is 0 Å². The predicted molar refractivity (Wildman–Crippen MR) is 103 cm³/mol. The molecule has 0 saturated heterocycles. The second-order valence-electron chi connectivity index (χ2n) is 5.81. The van der Waals surface area contributed by atoms with E-state index in [-0.39, 0.29) is 6.03 Å². The van der Waals surface area contributed by atoms with Gasteiger partial charge in [0.05, 0.1) is 12.2 Å². The van der Waals surface area contributed by atoms with E-state index in [0.717, 1.165) is 24.1 Å². The lowest BCUT2D eigenvalue weighted by molar-refractivity contribution is 0.195. The van der Waals surface area contributed by atoms with Crippen LogP contribution in [-0.4, -0.2) is 29.0 Å². The lowest BCUT2D eigenvalue weighted by Crippen LogP contribution is -2.41. The average molecular weight is 380 g/mol. The van der Waals surface area contributed by atoms with Crippen molar-refractivity contribution in [1.82, 2.24) is 15.2 Å². The molecular weight excluding hydrogens is 357 g/mol. The molecule has 1 aromatic heterocycles. The van der Waals surface area contributed by atoms with E-state index in [1.54, 1.807) is 17.2 Å². The van der Waals surface area contributed by atoms with Gasteiger partial charge in [-0.2, -0.15) is 0 Å². The van der Waals surface area contributed by atoms with Crippen molar-refractivity contribution < 1.29 is 4.79 Å². The van der Waals surface area contributed by atoms with Crippen LogP contribution in [0.1, 0.15) is 31.0 Å². The van der Waals surface area contributed by atoms with Crippen LogP contribution < -0.4 is 5.32 Å². The number of benzene rings is 1. The maximum Gasteiger partial charge on any atom is 0.317 e. The molecule has 0 radical (unpaired) electrons. The van der Waals surface area contributed by atoms with E-state index in [1.807, 2.05) is 30.3 Å². The number of pyridine rings is 1. The van der Waals surface area contributed by atoms with Gasteiger partial charge in [0.15, 0.2) is 0 Å². The third-order valence-corrected chi connectivity index (χ3v) is 4.43. The Morgan fingerprint density at radius 1 is 1.24 bits per heavy atom. The van der Waals surface area contributed by atoms with Crippen LogP contribution in [0.4, 0.5) is 4.79 Å². The second kappa shape index (κ2) is 10.3. The first-order chi connectivity index (χ1) is 12.1. The van der Waals surface area contributed by atoms with E-state index in [2.05, 4.69) is 17.2 Å². The summed E-state index contributed by atoms with van der Waals surface area (Å²) in [6, 6.07) is 11.1. The number of nitrogens with one attached hydrogen (secondary N) is 1. The molecule has 0 aliphatic carbocycles. The Hall–Kier alpha value is -1.78. The number of hydrogen-bond acceptors (Lipinski definition) is 2. The van der Waals surface area contributed by atoms with Crippen molar-refractivity contribution in [2.75, 3.05) is 13.1 Å². The Bertz CT molecular complexity index is 680. The first-order valence-corrected chi connectivity index (χ1v) is 9.22. The molecule has 4 nitrogen and oxygen atoms in total. The van der Waals surface area contributed by atoms with Crippen LogP contribution in [0, 0.1) is 0 Å². The zero-order valence-corrected chi connectivity index (χ0v) is 15.9. The highest BCUT2D eigenvalue weighted by Gasteiger charge is 2.15. The quantitative estimate of drug-likeness (QED) is 0.659. The van der Waals surface area contributed by atoms with Crippen molar-refractivity contribution in [2.24, 2.45) is 0 Å². The number of unbranched alkanes of at least 4 members (excludes halogenated alkanes) is 1. The molecule has 0 spiro atoms. The average Bonchev–Trinajstić information content (AvgIpc) is 2.61. The minimum Gasteiger partial charge on any atom is -0.338 e. The van der Waals surface area contributed by atoms with Gasteiger partial charge >= 0.3 is 6.03 Å². The Kier molecular flexibility index (Phi) is 8.02. The van der Waals surface area contributed by atoms with Gasteiger partial charge in [-0.05, 0) is 42.7 Å². The lowest BCUT2D eigenvalue weighted by atomic mass is 10.1. The lowest BCUT2D eigenvalue weighted by Gasteiger charge is -2.23. The van der Waals surface area contributed by atoms with Crippen molar-refractivity contribution >= 4 is 29.2 Å². The largest absolute Gasteiger partial charge is 0.338 e. The smallest absolute Gasteiger partial charge is 0.317 e. The van der Waals surface area contributed by atoms with Gasteiger partial charge in [0.2, 0.25) is 0 Å². The number of aromatic nitrogens is 1. The normalized spacial score (nSPS) is 10.5. The maximum atomic E-state index is 12.5. The van der Waals surface area contributed by atoms with E-state index >= 15 is 0 Å². The van der Waals surface area contributed by atoms with Gasteiger partial charge < -0.3 is 10.2 Å². The highest BCUT2D eigenvalue weighted by Crippen LogP contribution is 2.21. The molecule has 0 fully saturated rings. The summed E-state index contributed by atoms with van der Waals surface area (Å²) in [7, 11) is 0. The third kappa shape index (κ3) is 6.56. The summed E-state index contributed by atoms with van der Waals surface area (Å²) in [5, 5.41) is 4.20. The molecule has 0 bridgehead atoms. The van der Waals surface area contributed by atoms with Crippen LogP contribution in [0.3, 0.4) is 0 Å². The number of carbonyl (C=O) groups is 1. The summed E-state index contributed by atoms with van der Waals surface area (Å²) in [6.07, 6.45) is 4.40. The monoisotopic (exact) mass is 379 g/mol. The topological polar surface area (TPSA) is 45.2 Å². The van der Waals surface area contributed by atoms with Crippen molar-refractivity contribution in [1.29, 1.82) is 0 Å². The summed E-state index contributed by atoms with van der Waals surface area (Å²) in [5.41, 5.74) is 1.83. The summed E-state index contributed by atoms with van der Waals surface area (Å²) in [4.78, 5) is 18.6. The zero-order valence-electron chi connectivity index (χ0n) is 14.3. The highest BCUT2D eigenvalue weighted by molar-refractivity contribution is 6.35. The molecule has 134 valence electrons. The number of amides is 2. The van der Waals surface area contributed by atoms with Gasteiger partial charge in [-0.15, -0.1) is 0 Å². The minimum absolute atomic E-state index is 0.0795. The first kappa shape index (κ1) is 19.5. The molecule has 0 aliphatic rings. The van der Waals surface area contributed by atoms with Crippen molar-refractivity contribution in [2.45, 2.75) is 32.7 Å². The minimum atomic E-state index is -0.0795. The molecule has 2 rings (SSSR count). The van der Waals surface area contributed by atoms with Crippen LogP contribution in [0.15, 0.2) is 42.6 Å². The van der Waals surface area contributed by atoms with E-state index in [4.69, 9.17) is 23.2 Å².